The van der Waals surface area contributed by atoms with Crippen molar-refractivity contribution in [3.8, 4) is 0 Å². The molecular formula is C14H20ClN3O. The van der Waals surface area contributed by atoms with Gasteiger partial charge in [-0.15, -0.1) is 0 Å². The summed E-state index contributed by atoms with van der Waals surface area (Å²) in [5.41, 5.74) is 1.14. The quantitative estimate of drug-likeness (QED) is 0.656. The summed E-state index contributed by atoms with van der Waals surface area (Å²) in [7, 11) is 1.78. The van der Waals surface area contributed by atoms with E-state index in [1.807, 2.05) is 24.3 Å². The van der Waals surface area contributed by atoms with E-state index in [0.29, 0.717) is 12.5 Å². The molecule has 0 aromatic heterocycles. The number of rotatable bonds is 4. The van der Waals surface area contributed by atoms with E-state index >= 15 is 0 Å². The molecule has 2 rings (SSSR count). The number of guanidine groups is 1. The molecule has 0 radical (unpaired) electrons. The molecule has 5 heteroatoms. The minimum absolute atomic E-state index is 0.588. The van der Waals surface area contributed by atoms with Gasteiger partial charge in [0.1, 0.15) is 0 Å². The zero-order chi connectivity index (χ0) is 13.5. The highest BCUT2D eigenvalue weighted by Crippen LogP contribution is 2.11. The first-order chi connectivity index (χ1) is 9.28. The van der Waals surface area contributed by atoms with Gasteiger partial charge < -0.3 is 15.4 Å². The van der Waals surface area contributed by atoms with Crippen LogP contribution in [0.25, 0.3) is 0 Å². The van der Waals surface area contributed by atoms with E-state index in [1.54, 1.807) is 7.05 Å². The van der Waals surface area contributed by atoms with Gasteiger partial charge in [0.2, 0.25) is 0 Å². The smallest absolute Gasteiger partial charge is 0.191 e. The fraction of sp³-hybridized carbons (Fsp3) is 0.500. The molecule has 0 bridgehead atoms. The number of halogens is 1. The van der Waals surface area contributed by atoms with Crippen molar-refractivity contribution in [3.63, 3.8) is 0 Å². The summed E-state index contributed by atoms with van der Waals surface area (Å²) >= 11 is 5.95. The van der Waals surface area contributed by atoms with E-state index in [-0.39, 0.29) is 0 Å². The number of nitrogens with zero attached hydrogens (tertiary/aromatic N) is 1. The molecule has 19 heavy (non-hydrogen) atoms. The van der Waals surface area contributed by atoms with Gasteiger partial charge in [-0.25, -0.2) is 0 Å². The fourth-order valence-electron chi connectivity index (χ4n) is 2.04. The standard InChI is InChI=1S/C14H20ClN3O/c1-16-14(18-9-12-5-6-19-10-12)17-8-11-3-2-4-13(15)7-11/h2-4,7,12H,5-6,8-10H2,1H3,(H2,16,17,18). The largest absolute Gasteiger partial charge is 0.381 e. The van der Waals surface area contributed by atoms with E-state index < -0.39 is 0 Å². The Labute approximate surface area is 119 Å². The third-order valence-corrected chi connectivity index (χ3v) is 3.39. The molecule has 1 saturated heterocycles. The third-order valence-electron chi connectivity index (χ3n) is 3.15. The van der Waals surface area contributed by atoms with Gasteiger partial charge in [-0.2, -0.15) is 0 Å². The summed E-state index contributed by atoms with van der Waals surface area (Å²) in [5.74, 6) is 1.40. The number of hydrogen-bond donors (Lipinski definition) is 2. The lowest BCUT2D eigenvalue weighted by Gasteiger charge is -2.14. The van der Waals surface area contributed by atoms with Crippen molar-refractivity contribution in [2.24, 2.45) is 10.9 Å². The second-order valence-electron chi connectivity index (χ2n) is 4.67. The molecule has 0 saturated carbocycles. The van der Waals surface area contributed by atoms with E-state index in [0.717, 1.165) is 42.7 Å². The van der Waals surface area contributed by atoms with Crippen molar-refractivity contribution in [3.05, 3.63) is 34.9 Å². The third kappa shape index (κ3) is 4.73. The summed E-state index contributed by atoms with van der Waals surface area (Å²) in [6.07, 6.45) is 1.12. The van der Waals surface area contributed by atoms with Crippen LogP contribution in [-0.2, 0) is 11.3 Å². The minimum Gasteiger partial charge on any atom is -0.381 e. The first-order valence-electron chi connectivity index (χ1n) is 6.54. The molecule has 1 aromatic carbocycles. The molecule has 1 atom stereocenters. The molecule has 104 valence electrons. The van der Waals surface area contributed by atoms with Crippen LogP contribution in [0.1, 0.15) is 12.0 Å². The normalized spacial score (nSPS) is 19.5. The number of hydrogen-bond acceptors (Lipinski definition) is 2. The van der Waals surface area contributed by atoms with Crippen molar-refractivity contribution in [2.75, 3.05) is 26.8 Å². The van der Waals surface area contributed by atoms with Gasteiger partial charge in [0, 0.05) is 37.7 Å². The molecule has 4 nitrogen and oxygen atoms in total. The molecule has 0 spiro atoms. The van der Waals surface area contributed by atoms with E-state index in [2.05, 4.69) is 15.6 Å². The van der Waals surface area contributed by atoms with Gasteiger partial charge in [-0.1, -0.05) is 23.7 Å². The summed E-state index contributed by atoms with van der Waals surface area (Å²) in [6.45, 7) is 3.33. The van der Waals surface area contributed by atoms with Gasteiger partial charge in [-0.05, 0) is 24.1 Å². The number of benzene rings is 1. The first kappa shape index (κ1) is 14.2. The molecule has 1 fully saturated rings. The van der Waals surface area contributed by atoms with Crippen molar-refractivity contribution < 1.29 is 4.74 Å². The van der Waals surface area contributed by atoms with Crippen LogP contribution < -0.4 is 10.6 Å². The molecule has 2 N–H and O–H groups in total. The second kappa shape index (κ2) is 7.36. The van der Waals surface area contributed by atoms with Crippen molar-refractivity contribution >= 4 is 17.6 Å². The molecule has 1 aliphatic heterocycles. The lowest BCUT2D eigenvalue weighted by Crippen LogP contribution is -2.39. The Bertz CT molecular complexity index is 430. The van der Waals surface area contributed by atoms with Crippen LogP contribution in [0.5, 0.6) is 0 Å². The van der Waals surface area contributed by atoms with Gasteiger partial charge >= 0.3 is 0 Å². The van der Waals surface area contributed by atoms with Crippen LogP contribution in [0.15, 0.2) is 29.3 Å². The molecular weight excluding hydrogens is 262 g/mol. The fourth-order valence-corrected chi connectivity index (χ4v) is 2.25. The minimum atomic E-state index is 0.588. The Morgan fingerprint density at radius 3 is 3.05 bits per heavy atom. The maximum absolute atomic E-state index is 5.95. The Hall–Kier alpha value is -1.26. The van der Waals surface area contributed by atoms with Crippen LogP contribution in [0.3, 0.4) is 0 Å². The first-order valence-corrected chi connectivity index (χ1v) is 6.92. The van der Waals surface area contributed by atoms with E-state index in [9.17, 15) is 0 Å². The Balaban J connectivity index is 1.76. The predicted molar refractivity (Wildman–Crippen MR) is 78.6 cm³/mol. The Kier molecular flexibility index (Phi) is 5.48. The van der Waals surface area contributed by atoms with Gasteiger partial charge in [0.25, 0.3) is 0 Å². The summed E-state index contributed by atoms with van der Waals surface area (Å²) in [5, 5.41) is 7.35. The lowest BCUT2D eigenvalue weighted by atomic mass is 10.1. The highest BCUT2D eigenvalue weighted by atomic mass is 35.5. The molecule has 0 aliphatic carbocycles. The maximum atomic E-state index is 5.95. The van der Waals surface area contributed by atoms with Crippen LogP contribution in [0.2, 0.25) is 5.02 Å². The maximum Gasteiger partial charge on any atom is 0.191 e. The van der Waals surface area contributed by atoms with Crippen LogP contribution >= 0.6 is 11.6 Å². The number of ether oxygens (including phenoxy) is 1. The lowest BCUT2D eigenvalue weighted by molar-refractivity contribution is 0.186. The van der Waals surface area contributed by atoms with E-state index in [4.69, 9.17) is 16.3 Å². The van der Waals surface area contributed by atoms with Crippen LogP contribution in [-0.4, -0.2) is 32.8 Å². The zero-order valence-corrected chi connectivity index (χ0v) is 11.9. The summed E-state index contributed by atoms with van der Waals surface area (Å²) in [6, 6.07) is 7.81. The Morgan fingerprint density at radius 2 is 2.37 bits per heavy atom. The molecule has 1 aliphatic rings. The summed E-state index contributed by atoms with van der Waals surface area (Å²) in [4.78, 5) is 4.21. The van der Waals surface area contributed by atoms with Crippen LogP contribution in [0, 0.1) is 5.92 Å². The Morgan fingerprint density at radius 1 is 1.47 bits per heavy atom. The van der Waals surface area contributed by atoms with Crippen molar-refractivity contribution in [1.82, 2.24) is 10.6 Å². The van der Waals surface area contributed by atoms with Gasteiger partial charge in [0.15, 0.2) is 5.96 Å². The molecule has 1 aromatic rings. The summed E-state index contributed by atoms with van der Waals surface area (Å²) < 4.78 is 5.35. The van der Waals surface area contributed by atoms with Gasteiger partial charge in [0.05, 0.1) is 6.61 Å². The van der Waals surface area contributed by atoms with E-state index in [1.165, 1.54) is 0 Å². The SMILES string of the molecule is CN=C(NCc1cccc(Cl)c1)NCC1CCOC1. The average Bonchev–Trinajstić information content (AvgIpc) is 2.92. The highest BCUT2D eigenvalue weighted by Gasteiger charge is 2.15. The number of nitrogens with one attached hydrogen (secondary N) is 2. The number of aliphatic imine (C=N–C) groups is 1. The monoisotopic (exact) mass is 281 g/mol. The topological polar surface area (TPSA) is 45.7 Å². The van der Waals surface area contributed by atoms with Gasteiger partial charge in [-0.3, -0.25) is 4.99 Å². The second-order valence-corrected chi connectivity index (χ2v) is 5.10. The molecule has 1 heterocycles. The zero-order valence-electron chi connectivity index (χ0n) is 11.2. The van der Waals surface area contributed by atoms with Crippen LogP contribution in [0.4, 0.5) is 0 Å². The average molecular weight is 282 g/mol. The predicted octanol–water partition coefficient (Wildman–Crippen LogP) is 2.04. The highest BCUT2D eigenvalue weighted by molar-refractivity contribution is 6.30. The van der Waals surface area contributed by atoms with Crippen molar-refractivity contribution in [2.45, 2.75) is 13.0 Å². The molecule has 1 unspecified atom stereocenters. The van der Waals surface area contributed by atoms with Crippen molar-refractivity contribution in [1.29, 1.82) is 0 Å². The molecule has 0 amide bonds.